The molecule has 1 heterocycles. The number of hydrogen-bond donors (Lipinski definition) is 2. The van der Waals surface area contributed by atoms with Crippen LogP contribution in [0.5, 0.6) is 0 Å². The summed E-state index contributed by atoms with van der Waals surface area (Å²) in [6, 6.07) is 9.90. The van der Waals surface area contributed by atoms with E-state index in [1.165, 1.54) is 19.3 Å². The Hall–Kier alpha value is -1.85. The molecule has 0 aliphatic heterocycles. The average Bonchev–Trinajstić information content (AvgIpc) is 3.03. The third kappa shape index (κ3) is 4.83. The topological polar surface area (TPSA) is 59.0 Å². The minimum Gasteiger partial charge on any atom is -0.310 e. The number of nitrogens with one attached hydrogen (secondary N) is 2. The molecule has 2 atom stereocenters. The highest BCUT2D eigenvalue weighted by molar-refractivity contribution is 6.31. The zero-order valence-electron chi connectivity index (χ0n) is 14.5. The third-order valence-corrected chi connectivity index (χ3v) is 5.27. The summed E-state index contributed by atoms with van der Waals surface area (Å²) in [6.45, 7) is 3.11. The van der Waals surface area contributed by atoms with E-state index in [-0.39, 0.29) is 5.91 Å². The predicted molar refractivity (Wildman–Crippen MR) is 101 cm³/mol. The molecule has 0 saturated heterocycles. The van der Waals surface area contributed by atoms with Gasteiger partial charge in [-0.15, -0.1) is 0 Å². The largest absolute Gasteiger partial charge is 0.310 e. The highest BCUT2D eigenvalue weighted by Crippen LogP contribution is 2.23. The SMILES string of the molecule is CC1CCCCC1NCC(=O)Nc1ccnn1Cc1ccccc1Cl. The average molecular weight is 361 g/mol. The lowest BCUT2D eigenvalue weighted by atomic mass is 9.86. The first kappa shape index (κ1) is 18.0. The zero-order chi connectivity index (χ0) is 17.6. The predicted octanol–water partition coefficient (Wildman–Crippen LogP) is 3.69. The van der Waals surface area contributed by atoms with E-state index >= 15 is 0 Å². The molecule has 1 aromatic carbocycles. The van der Waals surface area contributed by atoms with Crippen molar-refractivity contribution in [1.29, 1.82) is 0 Å². The summed E-state index contributed by atoms with van der Waals surface area (Å²) >= 11 is 6.21. The van der Waals surface area contributed by atoms with Gasteiger partial charge in [0.1, 0.15) is 5.82 Å². The quantitative estimate of drug-likeness (QED) is 0.825. The lowest BCUT2D eigenvalue weighted by molar-refractivity contribution is -0.115. The minimum atomic E-state index is -0.0429. The second kappa shape index (κ2) is 8.50. The van der Waals surface area contributed by atoms with E-state index < -0.39 is 0 Å². The van der Waals surface area contributed by atoms with Crippen molar-refractivity contribution in [3.05, 3.63) is 47.1 Å². The number of hydrogen-bond acceptors (Lipinski definition) is 3. The number of rotatable bonds is 6. The molecule has 0 spiro atoms. The molecular formula is C19H25ClN4O. The normalized spacial score (nSPS) is 20.4. The van der Waals surface area contributed by atoms with Gasteiger partial charge in [-0.2, -0.15) is 5.10 Å². The summed E-state index contributed by atoms with van der Waals surface area (Å²) in [4.78, 5) is 12.3. The van der Waals surface area contributed by atoms with Gasteiger partial charge in [-0.05, 0) is 30.4 Å². The van der Waals surface area contributed by atoms with Crippen molar-refractivity contribution in [2.75, 3.05) is 11.9 Å². The van der Waals surface area contributed by atoms with Crippen LogP contribution in [0.15, 0.2) is 36.5 Å². The maximum Gasteiger partial charge on any atom is 0.239 e. The molecule has 134 valence electrons. The number of halogens is 1. The van der Waals surface area contributed by atoms with E-state index in [2.05, 4.69) is 22.7 Å². The summed E-state index contributed by atoms with van der Waals surface area (Å²) in [7, 11) is 0. The summed E-state index contributed by atoms with van der Waals surface area (Å²) in [5.74, 6) is 1.27. The maximum atomic E-state index is 12.3. The second-order valence-electron chi connectivity index (χ2n) is 6.76. The summed E-state index contributed by atoms with van der Waals surface area (Å²) in [5, 5.41) is 11.3. The molecule has 3 rings (SSSR count). The van der Waals surface area contributed by atoms with Crippen LogP contribution in [0.1, 0.15) is 38.2 Å². The number of nitrogens with zero attached hydrogens (tertiary/aromatic N) is 2. The van der Waals surface area contributed by atoms with Gasteiger partial charge >= 0.3 is 0 Å². The van der Waals surface area contributed by atoms with Gasteiger partial charge in [0.05, 0.1) is 19.3 Å². The molecule has 1 aromatic heterocycles. The van der Waals surface area contributed by atoms with Crippen molar-refractivity contribution < 1.29 is 4.79 Å². The number of amides is 1. The molecule has 0 radical (unpaired) electrons. The fourth-order valence-corrected chi connectivity index (χ4v) is 3.58. The molecule has 5 nitrogen and oxygen atoms in total. The number of aromatic nitrogens is 2. The van der Waals surface area contributed by atoms with Gasteiger partial charge in [0.25, 0.3) is 0 Å². The molecule has 2 aromatic rings. The lowest BCUT2D eigenvalue weighted by Crippen LogP contribution is -2.41. The van der Waals surface area contributed by atoms with E-state index in [4.69, 9.17) is 11.6 Å². The van der Waals surface area contributed by atoms with Crippen molar-refractivity contribution in [2.45, 2.75) is 45.2 Å². The molecule has 25 heavy (non-hydrogen) atoms. The van der Waals surface area contributed by atoms with Gasteiger partial charge in [0, 0.05) is 17.1 Å². The van der Waals surface area contributed by atoms with Crippen LogP contribution in [0.4, 0.5) is 5.82 Å². The Bertz CT molecular complexity index is 715. The highest BCUT2D eigenvalue weighted by Gasteiger charge is 2.21. The minimum absolute atomic E-state index is 0.0429. The van der Waals surface area contributed by atoms with Gasteiger partial charge in [-0.1, -0.05) is 49.6 Å². The van der Waals surface area contributed by atoms with Crippen molar-refractivity contribution in [2.24, 2.45) is 5.92 Å². The van der Waals surface area contributed by atoms with Crippen LogP contribution < -0.4 is 10.6 Å². The van der Waals surface area contributed by atoms with Crippen molar-refractivity contribution >= 4 is 23.3 Å². The third-order valence-electron chi connectivity index (χ3n) is 4.90. The van der Waals surface area contributed by atoms with Gasteiger partial charge in [-0.3, -0.25) is 4.79 Å². The Balaban J connectivity index is 1.55. The molecule has 2 N–H and O–H groups in total. The molecule has 1 saturated carbocycles. The highest BCUT2D eigenvalue weighted by atomic mass is 35.5. The van der Waals surface area contributed by atoms with Crippen LogP contribution >= 0.6 is 11.6 Å². The van der Waals surface area contributed by atoms with Crippen molar-refractivity contribution in [3.8, 4) is 0 Å². The van der Waals surface area contributed by atoms with Crippen molar-refractivity contribution in [3.63, 3.8) is 0 Å². The first-order valence-electron chi connectivity index (χ1n) is 8.92. The number of anilines is 1. The van der Waals surface area contributed by atoms with Crippen LogP contribution in [-0.2, 0) is 11.3 Å². The summed E-state index contributed by atoms with van der Waals surface area (Å²) < 4.78 is 1.75. The summed E-state index contributed by atoms with van der Waals surface area (Å²) in [6.07, 6.45) is 6.62. The van der Waals surface area contributed by atoms with Crippen LogP contribution in [0, 0.1) is 5.92 Å². The smallest absolute Gasteiger partial charge is 0.239 e. The Morgan fingerprint density at radius 3 is 2.88 bits per heavy atom. The number of carbonyl (C=O) groups excluding carboxylic acids is 1. The van der Waals surface area contributed by atoms with Crippen molar-refractivity contribution in [1.82, 2.24) is 15.1 Å². The number of benzene rings is 1. The van der Waals surface area contributed by atoms with Crippen LogP contribution in [0.25, 0.3) is 0 Å². The second-order valence-corrected chi connectivity index (χ2v) is 7.17. The van der Waals surface area contributed by atoms with E-state index in [1.54, 1.807) is 16.9 Å². The zero-order valence-corrected chi connectivity index (χ0v) is 15.3. The fraction of sp³-hybridized carbons (Fsp3) is 0.474. The van der Waals surface area contributed by atoms with Gasteiger partial charge in [-0.25, -0.2) is 4.68 Å². The van der Waals surface area contributed by atoms with Crippen LogP contribution in [0.2, 0.25) is 5.02 Å². The maximum absolute atomic E-state index is 12.3. The Labute approximate surface area is 153 Å². The lowest BCUT2D eigenvalue weighted by Gasteiger charge is -2.29. The van der Waals surface area contributed by atoms with Gasteiger partial charge < -0.3 is 10.6 Å². The first-order chi connectivity index (χ1) is 12.1. The fourth-order valence-electron chi connectivity index (χ4n) is 3.38. The van der Waals surface area contributed by atoms with E-state index in [0.29, 0.717) is 35.9 Å². The molecule has 2 unspecified atom stereocenters. The van der Waals surface area contributed by atoms with E-state index in [1.807, 2.05) is 24.3 Å². The van der Waals surface area contributed by atoms with Crippen LogP contribution in [-0.4, -0.2) is 28.3 Å². The Morgan fingerprint density at radius 2 is 2.08 bits per heavy atom. The number of carbonyl (C=O) groups is 1. The molecule has 1 aliphatic rings. The molecule has 1 aliphatic carbocycles. The van der Waals surface area contributed by atoms with Gasteiger partial charge in [0.15, 0.2) is 0 Å². The molecule has 0 bridgehead atoms. The molecule has 6 heteroatoms. The van der Waals surface area contributed by atoms with Crippen LogP contribution in [0.3, 0.4) is 0 Å². The molecule has 1 fully saturated rings. The Kier molecular flexibility index (Phi) is 6.10. The molecular weight excluding hydrogens is 336 g/mol. The van der Waals surface area contributed by atoms with E-state index in [9.17, 15) is 4.79 Å². The standard InChI is InChI=1S/C19H25ClN4O/c1-14-6-2-5-9-17(14)21-12-19(25)23-18-10-11-22-24(18)13-15-7-3-4-8-16(15)20/h3-4,7-8,10-11,14,17,21H,2,5-6,9,12-13H2,1H3,(H,23,25). The molecule has 1 amide bonds. The van der Waals surface area contributed by atoms with Gasteiger partial charge in [0.2, 0.25) is 5.91 Å². The first-order valence-corrected chi connectivity index (χ1v) is 9.29. The van der Waals surface area contributed by atoms with E-state index in [0.717, 1.165) is 12.0 Å². The monoisotopic (exact) mass is 360 g/mol. The Morgan fingerprint density at radius 1 is 1.28 bits per heavy atom. The summed E-state index contributed by atoms with van der Waals surface area (Å²) in [5.41, 5.74) is 0.970.